The Hall–Kier alpha value is -2.71. The molecule has 0 bridgehead atoms. The summed E-state index contributed by atoms with van der Waals surface area (Å²) in [6, 6.07) is 14.7. The van der Waals surface area contributed by atoms with Crippen LogP contribution in [0.1, 0.15) is 18.5 Å². The van der Waals surface area contributed by atoms with Crippen molar-refractivity contribution in [1.29, 1.82) is 0 Å². The van der Waals surface area contributed by atoms with Crippen molar-refractivity contribution < 1.29 is 19.1 Å². The van der Waals surface area contributed by atoms with Crippen LogP contribution < -0.4 is 4.90 Å². The van der Waals surface area contributed by atoms with Crippen LogP contribution in [0, 0.1) is 5.92 Å². The third-order valence-electron chi connectivity index (χ3n) is 5.19. The minimum Gasteiger partial charge on any atom is -0.465 e. The van der Waals surface area contributed by atoms with Crippen molar-refractivity contribution in [2.45, 2.75) is 13.0 Å². The van der Waals surface area contributed by atoms with Gasteiger partial charge in [0, 0.05) is 11.6 Å². The predicted octanol–water partition coefficient (Wildman–Crippen LogP) is 3.56. The van der Waals surface area contributed by atoms with Gasteiger partial charge < -0.3 is 14.0 Å². The smallest absolute Gasteiger partial charge is 0.321 e. The number of methoxy groups -OCH3 is 1. The molecule has 7 nitrogen and oxygen atoms in total. The average Bonchev–Trinajstić information content (AvgIpc) is 3.11. The molecule has 0 spiro atoms. The van der Waals surface area contributed by atoms with E-state index in [4.69, 9.17) is 14.5 Å². The highest BCUT2D eigenvalue weighted by atomic mass is 79.9. The number of hydrogen-bond donors (Lipinski definition) is 0. The normalized spacial score (nSPS) is 18.5. The Bertz CT molecular complexity index is 1100. The number of benzene rings is 2. The summed E-state index contributed by atoms with van der Waals surface area (Å²) in [5.74, 6) is -1.40. The molecule has 1 amide bonds. The number of carbonyl (C=O) groups is 2. The van der Waals surface area contributed by atoms with Crippen LogP contribution in [-0.4, -0.2) is 48.3 Å². The number of halogens is 1. The van der Waals surface area contributed by atoms with E-state index in [9.17, 15) is 9.59 Å². The van der Waals surface area contributed by atoms with Gasteiger partial charge in [-0.05, 0) is 36.8 Å². The van der Waals surface area contributed by atoms with E-state index in [1.807, 2.05) is 53.1 Å². The highest BCUT2D eigenvalue weighted by Gasteiger charge is 2.47. The summed E-state index contributed by atoms with van der Waals surface area (Å²) in [4.78, 5) is 32.8. The molecule has 1 aliphatic rings. The second-order valence-corrected chi connectivity index (χ2v) is 7.90. The van der Waals surface area contributed by atoms with Crippen LogP contribution in [0.2, 0.25) is 0 Å². The van der Waals surface area contributed by atoms with Crippen molar-refractivity contribution in [1.82, 2.24) is 9.55 Å². The number of carbonyl (C=O) groups excluding carboxylic acids is 2. The molecular formula is C22H22BrN3O4. The topological polar surface area (TPSA) is 73.7 Å². The van der Waals surface area contributed by atoms with Gasteiger partial charge in [-0.1, -0.05) is 40.2 Å². The molecular weight excluding hydrogens is 450 g/mol. The summed E-state index contributed by atoms with van der Waals surface area (Å²) < 4.78 is 13.4. The Balaban J connectivity index is 1.98. The maximum atomic E-state index is 13.6. The second-order valence-electron chi connectivity index (χ2n) is 6.98. The molecule has 156 valence electrons. The minimum absolute atomic E-state index is 0.198. The molecule has 8 heteroatoms. The summed E-state index contributed by atoms with van der Waals surface area (Å²) in [5, 5.41) is 0. The summed E-state index contributed by atoms with van der Waals surface area (Å²) in [7, 11) is 1.57. The van der Waals surface area contributed by atoms with E-state index in [1.165, 1.54) is 4.90 Å². The van der Waals surface area contributed by atoms with Gasteiger partial charge in [-0.2, -0.15) is 0 Å². The zero-order chi connectivity index (χ0) is 21.3. The fourth-order valence-electron chi connectivity index (χ4n) is 3.93. The number of fused-ring (bicyclic) bond motifs is 3. The van der Waals surface area contributed by atoms with Gasteiger partial charge in [0.15, 0.2) is 5.92 Å². The first-order valence-corrected chi connectivity index (χ1v) is 10.6. The molecule has 30 heavy (non-hydrogen) atoms. The molecule has 3 aromatic rings. The molecule has 0 unspecified atom stereocenters. The highest BCUT2D eigenvalue weighted by molar-refractivity contribution is 9.10. The Morgan fingerprint density at radius 3 is 2.73 bits per heavy atom. The summed E-state index contributed by atoms with van der Waals surface area (Å²) in [5.41, 5.74) is 2.43. The van der Waals surface area contributed by atoms with Gasteiger partial charge in [0.1, 0.15) is 0 Å². The Labute approximate surface area is 182 Å². The van der Waals surface area contributed by atoms with Crippen LogP contribution in [-0.2, 0) is 19.1 Å². The molecule has 0 saturated heterocycles. The molecule has 2 aromatic carbocycles. The number of aromatic nitrogens is 2. The number of ether oxygens (including phenoxy) is 2. The molecule has 0 radical (unpaired) electrons. The van der Waals surface area contributed by atoms with Crippen LogP contribution in [0.4, 0.5) is 5.95 Å². The van der Waals surface area contributed by atoms with Gasteiger partial charge in [0.25, 0.3) is 0 Å². The number of hydrogen-bond acceptors (Lipinski definition) is 5. The highest BCUT2D eigenvalue weighted by Crippen LogP contribution is 2.41. The number of amides is 1. The fourth-order valence-corrected chi connectivity index (χ4v) is 4.35. The van der Waals surface area contributed by atoms with Crippen molar-refractivity contribution in [3.8, 4) is 0 Å². The van der Waals surface area contributed by atoms with Crippen molar-refractivity contribution >= 4 is 44.8 Å². The third-order valence-corrected chi connectivity index (χ3v) is 5.69. The molecule has 0 aliphatic carbocycles. The number of para-hydroxylation sites is 2. The zero-order valence-corrected chi connectivity index (χ0v) is 18.3. The molecule has 0 N–H and O–H groups in total. The summed E-state index contributed by atoms with van der Waals surface area (Å²) in [6.07, 6.45) is 0. The van der Waals surface area contributed by atoms with Crippen LogP contribution in [0.3, 0.4) is 0 Å². The SMILES string of the molecule is CCOC(=O)[C@H]1C(=O)N(CCOC)c2nc3ccccc3n2[C@H]1c1cccc(Br)c1. The van der Waals surface area contributed by atoms with Gasteiger partial charge in [0.2, 0.25) is 11.9 Å². The van der Waals surface area contributed by atoms with Crippen molar-refractivity contribution in [3.63, 3.8) is 0 Å². The monoisotopic (exact) mass is 471 g/mol. The predicted molar refractivity (Wildman–Crippen MR) is 116 cm³/mol. The number of imidazole rings is 1. The average molecular weight is 472 g/mol. The van der Waals surface area contributed by atoms with Crippen LogP contribution in [0.5, 0.6) is 0 Å². The lowest BCUT2D eigenvalue weighted by Crippen LogP contribution is -2.51. The molecule has 1 aromatic heterocycles. The molecule has 2 atom stereocenters. The van der Waals surface area contributed by atoms with Gasteiger partial charge in [0.05, 0.1) is 36.8 Å². The largest absolute Gasteiger partial charge is 0.465 e. The second kappa shape index (κ2) is 8.57. The van der Waals surface area contributed by atoms with Crippen molar-refractivity contribution in [3.05, 3.63) is 58.6 Å². The van der Waals surface area contributed by atoms with E-state index >= 15 is 0 Å². The quantitative estimate of drug-likeness (QED) is 0.405. The third kappa shape index (κ3) is 3.50. The standard InChI is InChI=1S/C22H22BrN3O4/c1-3-30-21(28)18-19(14-7-6-8-15(23)13-14)26-17-10-5-4-9-16(17)24-22(26)25(20(18)27)11-12-29-2/h4-10,13,18-19H,3,11-12H2,1-2H3/t18-,19+/m1/s1. The first-order valence-electron chi connectivity index (χ1n) is 9.76. The molecule has 4 rings (SSSR count). The number of rotatable bonds is 6. The van der Waals surface area contributed by atoms with E-state index in [2.05, 4.69) is 15.9 Å². The van der Waals surface area contributed by atoms with Crippen molar-refractivity contribution in [2.24, 2.45) is 5.92 Å². The molecule has 2 heterocycles. The summed E-state index contributed by atoms with van der Waals surface area (Å²) in [6.45, 7) is 2.55. The van der Waals surface area contributed by atoms with E-state index in [-0.39, 0.29) is 12.5 Å². The number of esters is 1. The maximum absolute atomic E-state index is 13.6. The van der Waals surface area contributed by atoms with Gasteiger partial charge in [-0.3, -0.25) is 14.5 Å². The lowest BCUT2D eigenvalue weighted by atomic mass is 9.89. The van der Waals surface area contributed by atoms with E-state index in [1.54, 1.807) is 14.0 Å². The minimum atomic E-state index is -1.03. The van der Waals surface area contributed by atoms with Crippen LogP contribution >= 0.6 is 15.9 Å². The maximum Gasteiger partial charge on any atom is 0.321 e. The Kier molecular flexibility index (Phi) is 5.87. The lowest BCUT2D eigenvalue weighted by Gasteiger charge is -2.37. The van der Waals surface area contributed by atoms with Gasteiger partial charge in [-0.25, -0.2) is 4.98 Å². The number of anilines is 1. The van der Waals surface area contributed by atoms with Crippen molar-refractivity contribution in [2.75, 3.05) is 31.8 Å². The van der Waals surface area contributed by atoms with Crippen LogP contribution in [0.15, 0.2) is 53.0 Å². The van der Waals surface area contributed by atoms with E-state index < -0.39 is 17.9 Å². The molecule has 1 aliphatic heterocycles. The van der Waals surface area contributed by atoms with E-state index in [0.29, 0.717) is 19.1 Å². The summed E-state index contributed by atoms with van der Waals surface area (Å²) >= 11 is 3.51. The Morgan fingerprint density at radius 2 is 2.00 bits per heavy atom. The van der Waals surface area contributed by atoms with Gasteiger partial charge in [-0.15, -0.1) is 0 Å². The number of nitrogens with zero attached hydrogens (tertiary/aromatic N) is 3. The molecule has 0 fully saturated rings. The zero-order valence-electron chi connectivity index (χ0n) is 16.7. The fraction of sp³-hybridized carbons (Fsp3) is 0.318. The van der Waals surface area contributed by atoms with Crippen LogP contribution in [0.25, 0.3) is 11.0 Å². The molecule has 0 saturated carbocycles. The first kappa shape index (κ1) is 20.6. The lowest BCUT2D eigenvalue weighted by molar-refractivity contribution is -0.153. The van der Waals surface area contributed by atoms with E-state index in [0.717, 1.165) is 21.1 Å². The van der Waals surface area contributed by atoms with Gasteiger partial charge >= 0.3 is 5.97 Å². The first-order chi connectivity index (χ1) is 14.6. The Morgan fingerprint density at radius 1 is 1.20 bits per heavy atom.